The van der Waals surface area contributed by atoms with Gasteiger partial charge in [0.05, 0.1) is 33.8 Å². The van der Waals surface area contributed by atoms with Gasteiger partial charge in [0, 0.05) is 51.1 Å². The van der Waals surface area contributed by atoms with Gasteiger partial charge in [-0.3, -0.25) is 23.9 Å². The Morgan fingerprint density at radius 3 is 2.41 bits per heavy atom. The lowest BCUT2D eigenvalue weighted by Gasteiger charge is -2.35. The third-order valence-corrected chi connectivity index (χ3v) is 7.84. The first-order chi connectivity index (χ1) is 19.8. The quantitative estimate of drug-likeness (QED) is 0.331. The van der Waals surface area contributed by atoms with Crippen LogP contribution in [0.1, 0.15) is 5.56 Å². The molecule has 0 atom stereocenters. The predicted molar refractivity (Wildman–Crippen MR) is 163 cm³/mol. The molecule has 0 unspecified atom stereocenters. The Bertz CT molecular complexity index is 1620. The Morgan fingerprint density at radius 1 is 0.927 bits per heavy atom. The number of carbonyl (C=O) groups is 2. The highest BCUT2D eigenvalue weighted by Crippen LogP contribution is 2.23. The number of anilines is 2. The lowest BCUT2D eigenvalue weighted by molar-refractivity contribution is -0.131. The Labute approximate surface area is 247 Å². The number of para-hydroxylation sites is 1. The number of fused-ring (bicyclic) bond motifs is 1. The van der Waals surface area contributed by atoms with E-state index in [2.05, 4.69) is 20.1 Å². The summed E-state index contributed by atoms with van der Waals surface area (Å²) < 4.78 is 1.34. The number of rotatable bonds is 8. The number of hydrogen-bond acceptors (Lipinski definition) is 6. The van der Waals surface area contributed by atoms with Crippen LogP contribution in [0, 0.1) is 0 Å². The van der Waals surface area contributed by atoms with Gasteiger partial charge in [0.25, 0.3) is 5.56 Å². The maximum atomic E-state index is 13.3. The fraction of sp³-hybridized carbons (Fsp3) is 0.267. The Morgan fingerprint density at radius 2 is 1.68 bits per heavy atom. The molecule has 11 heteroatoms. The molecule has 0 radical (unpaired) electrons. The average Bonchev–Trinajstić information content (AvgIpc) is 2.97. The van der Waals surface area contributed by atoms with Crippen LogP contribution < -0.4 is 15.8 Å². The molecule has 1 fully saturated rings. The van der Waals surface area contributed by atoms with Crippen molar-refractivity contribution < 1.29 is 9.59 Å². The van der Waals surface area contributed by atoms with Crippen molar-refractivity contribution in [3.8, 4) is 0 Å². The molecular formula is C30H30Cl2N6O3. The number of halogens is 2. The lowest BCUT2D eigenvalue weighted by atomic mass is 10.2. The summed E-state index contributed by atoms with van der Waals surface area (Å²) in [4.78, 5) is 48.9. The first-order valence-corrected chi connectivity index (χ1v) is 14.0. The van der Waals surface area contributed by atoms with Crippen LogP contribution in [-0.4, -0.2) is 70.9 Å². The molecule has 1 aliphatic heterocycles. The molecule has 9 nitrogen and oxygen atoms in total. The minimum absolute atomic E-state index is 0.0425. The molecule has 0 bridgehead atoms. The Hall–Kier alpha value is -3.92. The number of nitrogens with zero attached hydrogens (tertiary/aromatic N) is 5. The summed E-state index contributed by atoms with van der Waals surface area (Å²) in [5, 5.41) is 4.25. The van der Waals surface area contributed by atoms with Crippen molar-refractivity contribution >= 4 is 57.3 Å². The highest BCUT2D eigenvalue weighted by Gasteiger charge is 2.20. The monoisotopic (exact) mass is 592 g/mol. The molecule has 0 saturated carbocycles. The molecule has 1 N–H and O–H groups in total. The minimum atomic E-state index is -0.274. The number of likely N-dealkylation sites (N-methyl/N-ethyl adjacent to an activating group) is 1. The molecule has 4 aromatic rings. The van der Waals surface area contributed by atoms with E-state index < -0.39 is 0 Å². The normalized spacial score (nSPS) is 13.8. The first kappa shape index (κ1) is 28.6. The summed E-state index contributed by atoms with van der Waals surface area (Å²) >= 11 is 12.1. The second kappa shape index (κ2) is 12.7. The van der Waals surface area contributed by atoms with Gasteiger partial charge in [-0.15, -0.1) is 0 Å². The van der Waals surface area contributed by atoms with Crippen LogP contribution >= 0.6 is 23.2 Å². The van der Waals surface area contributed by atoms with Crippen molar-refractivity contribution in [1.29, 1.82) is 0 Å². The summed E-state index contributed by atoms with van der Waals surface area (Å²) in [6, 6.07) is 20.2. The third-order valence-electron chi connectivity index (χ3n) is 7.10. The van der Waals surface area contributed by atoms with Crippen molar-refractivity contribution in [3.63, 3.8) is 0 Å². The van der Waals surface area contributed by atoms with E-state index in [0.717, 1.165) is 43.1 Å². The number of hydrogen-bond donors (Lipinski definition) is 1. The maximum Gasteiger partial charge on any atom is 0.261 e. The highest BCUT2D eigenvalue weighted by atomic mass is 35.5. The molecule has 0 aliphatic carbocycles. The summed E-state index contributed by atoms with van der Waals surface area (Å²) in [5.74, 6) is -0.276. The number of nitrogens with one attached hydrogen (secondary N) is 1. The number of carbonyl (C=O) groups excluding carboxylic acids is 2. The Kier molecular flexibility index (Phi) is 8.87. The Balaban J connectivity index is 1.21. The summed E-state index contributed by atoms with van der Waals surface area (Å²) in [6.07, 6.45) is 1.41. The predicted octanol–water partition coefficient (Wildman–Crippen LogP) is 4.12. The second-order valence-electron chi connectivity index (χ2n) is 10.1. The van der Waals surface area contributed by atoms with Crippen LogP contribution in [-0.2, 0) is 22.7 Å². The van der Waals surface area contributed by atoms with E-state index in [4.69, 9.17) is 23.2 Å². The average molecular weight is 594 g/mol. The van der Waals surface area contributed by atoms with E-state index in [9.17, 15) is 14.4 Å². The molecule has 1 aliphatic rings. The second-order valence-corrected chi connectivity index (χ2v) is 10.9. The molecule has 3 aromatic carbocycles. The van der Waals surface area contributed by atoms with Gasteiger partial charge in [-0.05, 0) is 48.0 Å². The summed E-state index contributed by atoms with van der Waals surface area (Å²) in [5.41, 5.74) is 2.82. The highest BCUT2D eigenvalue weighted by molar-refractivity contribution is 6.42. The molecule has 0 spiro atoms. The fourth-order valence-electron chi connectivity index (χ4n) is 4.81. The number of amides is 2. The zero-order valence-corrected chi connectivity index (χ0v) is 24.1. The third kappa shape index (κ3) is 7.05. The van der Waals surface area contributed by atoms with Crippen LogP contribution in [0.25, 0.3) is 10.9 Å². The fourth-order valence-corrected chi connectivity index (χ4v) is 5.13. The SMILES string of the molecule is CN(Cc1ccc(Cl)c(Cl)c1)C(=O)Cn1cnc2ccc(N3CCN(CC(=O)Nc4ccccc4)CC3)cc2c1=O. The van der Waals surface area contributed by atoms with Gasteiger partial charge in [-0.1, -0.05) is 47.5 Å². The van der Waals surface area contributed by atoms with Gasteiger partial charge in [-0.25, -0.2) is 4.98 Å². The van der Waals surface area contributed by atoms with Crippen LogP contribution in [0.15, 0.2) is 77.9 Å². The van der Waals surface area contributed by atoms with E-state index in [1.807, 2.05) is 54.6 Å². The zero-order valence-electron chi connectivity index (χ0n) is 22.6. The van der Waals surface area contributed by atoms with Gasteiger partial charge in [-0.2, -0.15) is 0 Å². The molecule has 1 saturated heterocycles. The zero-order chi connectivity index (χ0) is 28.9. The molecule has 2 heterocycles. The number of aromatic nitrogens is 2. The molecule has 5 rings (SSSR count). The number of piperazine rings is 1. The van der Waals surface area contributed by atoms with E-state index in [-0.39, 0.29) is 23.9 Å². The van der Waals surface area contributed by atoms with E-state index in [1.54, 1.807) is 19.2 Å². The van der Waals surface area contributed by atoms with E-state index in [0.29, 0.717) is 34.0 Å². The smallest absolute Gasteiger partial charge is 0.261 e. The summed E-state index contributed by atoms with van der Waals surface area (Å²) in [6.45, 7) is 3.40. The lowest BCUT2D eigenvalue weighted by Crippen LogP contribution is -2.48. The van der Waals surface area contributed by atoms with Crippen molar-refractivity contribution in [3.05, 3.63) is 99.0 Å². The molecular weight excluding hydrogens is 563 g/mol. The summed E-state index contributed by atoms with van der Waals surface area (Å²) in [7, 11) is 1.67. The molecule has 2 amide bonds. The maximum absolute atomic E-state index is 13.3. The van der Waals surface area contributed by atoms with Crippen molar-refractivity contribution in [2.75, 3.05) is 50.0 Å². The largest absolute Gasteiger partial charge is 0.369 e. The van der Waals surface area contributed by atoms with Crippen molar-refractivity contribution in [2.24, 2.45) is 0 Å². The molecule has 1 aromatic heterocycles. The van der Waals surface area contributed by atoms with Gasteiger partial charge in [0.15, 0.2) is 0 Å². The van der Waals surface area contributed by atoms with E-state index >= 15 is 0 Å². The van der Waals surface area contributed by atoms with Crippen LogP contribution in [0.2, 0.25) is 10.0 Å². The van der Waals surface area contributed by atoms with Crippen molar-refractivity contribution in [2.45, 2.75) is 13.1 Å². The first-order valence-electron chi connectivity index (χ1n) is 13.3. The topological polar surface area (TPSA) is 90.8 Å². The molecule has 41 heavy (non-hydrogen) atoms. The van der Waals surface area contributed by atoms with Crippen LogP contribution in [0.4, 0.5) is 11.4 Å². The van der Waals surface area contributed by atoms with Gasteiger partial charge in [0.1, 0.15) is 6.54 Å². The van der Waals surface area contributed by atoms with E-state index in [1.165, 1.54) is 15.8 Å². The minimum Gasteiger partial charge on any atom is -0.369 e. The van der Waals surface area contributed by atoms with Crippen molar-refractivity contribution in [1.82, 2.24) is 19.4 Å². The standard InChI is InChI=1S/C30H30Cl2N6O3/c1-35(17-21-7-9-25(31)26(32)15-21)29(40)19-38-20-33-27-10-8-23(16-24(27)30(38)41)37-13-11-36(12-14-37)18-28(39)34-22-5-3-2-4-6-22/h2-10,15-16,20H,11-14,17-19H2,1H3,(H,34,39). The van der Waals surface area contributed by atoms with Gasteiger partial charge in [0.2, 0.25) is 11.8 Å². The van der Waals surface area contributed by atoms with Crippen LogP contribution in [0.5, 0.6) is 0 Å². The number of benzene rings is 3. The van der Waals surface area contributed by atoms with Crippen LogP contribution in [0.3, 0.4) is 0 Å². The van der Waals surface area contributed by atoms with Gasteiger partial charge >= 0.3 is 0 Å². The van der Waals surface area contributed by atoms with Gasteiger partial charge < -0.3 is 15.1 Å². The molecule has 212 valence electrons.